The van der Waals surface area contributed by atoms with Gasteiger partial charge in [-0.05, 0) is 37.6 Å². The molecule has 2 aromatic heterocycles. The summed E-state index contributed by atoms with van der Waals surface area (Å²) >= 11 is 0. The molecule has 4 atom stereocenters. The molecule has 0 spiro atoms. The lowest BCUT2D eigenvalue weighted by molar-refractivity contribution is -0.0319. The highest BCUT2D eigenvalue weighted by Gasteiger charge is 2.38. The number of ether oxygens (including phenoxy) is 2. The molecule has 0 aliphatic carbocycles. The zero-order valence-electron chi connectivity index (χ0n) is 22.8. The van der Waals surface area contributed by atoms with E-state index in [2.05, 4.69) is 25.2 Å². The zero-order chi connectivity index (χ0) is 28.4. The van der Waals surface area contributed by atoms with E-state index in [1.807, 2.05) is 6.92 Å². The number of alkyl halides is 1. The largest absolute Gasteiger partial charge is 0.382 e. The Morgan fingerprint density at radius 1 is 1.12 bits per heavy atom. The SMILES string of the molecule is COCCO[C@@H]1CCN(c2nccc(Nc3cc4c(F)ccc(N5C[C@H](CS(C)(=O)=O)[C@H]5C)c4cn3)n2)C[C@@H]1F. The van der Waals surface area contributed by atoms with E-state index in [0.717, 1.165) is 5.69 Å². The number of nitrogens with zero attached hydrogens (tertiary/aromatic N) is 5. The third-order valence-electron chi connectivity index (χ3n) is 7.54. The van der Waals surface area contributed by atoms with Crippen LogP contribution in [-0.4, -0.2) is 93.7 Å². The Labute approximate surface area is 232 Å². The first-order valence-corrected chi connectivity index (χ1v) is 15.3. The van der Waals surface area contributed by atoms with Gasteiger partial charge in [0.15, 0.2) is 0 Å². The molecule has 40 heavy (non-hydrogen) atoms. The van der Waals surface area contributed by atoms with E-state index in [1.54, 1.807) is 42.6 Å². The van der Waals surface area contributed by atoms with Gasteiger partial charge < -0.3 is 24.6 Å². The highest BCUT2D eigenvalue weighted by molar-refractivity contribution is 7.90. The van der Waals surface area contributed by atoms with Crippen LogP contribution in [0.2, 0.25) is 0 Å². The Bertz CT molecular complexity index is 1460. The quantitative estimate of drug-likeness (QED) is 0.361. The summed E-state index contributed by atoms with van der Waals surface area (Å²) in [6.07, 6.45) is 3.27. The average molecular weight is 577 g/mol. The van der Waals surface area contributed by atoms with E-state index >= 15 is 0 Å². The van der Waals surface area contributed by atoms with Crippen LogP contribution in [0.5, 0.6) is 0 Å². The van der Waals surface area contributed by atoms with E-state index in [1.165, 1.54) is 12.3 Å². The Hall–Kier alpha value is -3.16. The molecule has 2 aliphatic rings. The van der Waals surface area contributed by atoms with Crippen molar-refractivity contribution in [2.24, 2.45) is 5.92 Å². The summed E-state index contributed by atoms with van der Waals surface area (Å²) in [5, 5.41) is 4.14. The van der Waals surface area contributed by atoms with Gasteiger partial charge in [0.1, 0.15) is 33.5 Å². The van der Waals surface area contributed by atoms with Crippen molar-refractivity contribution in [3.05, 3.63) is 42.5 Å². The number of hydrogen-bond acceptors (Lipinski definition) is 10. The molecule has 4 heterocycles. The van der Waals surface area contributed by atoms with Gasteiger partial charge in [-0.15, -0.1) is 0 Å². The summed E-state index contributed by atoms with van der Waals surface area (Å²) < 4.78 is 63.6. The summed E-state index contributed by atoms with van der Waals surface area (Å²) in [5.74, 6) is 0.988. The molecule has 5 rings (SSSR count). The normalized spacial score (nSPS) is 23.3. The van der Waals surface area contributed by atoms with Gasteiger partial charge in [0, 0.05) is 67.3 Å². The molecule has 0 radical (unpaired) electrons. The van der Waals surface area contributed by atoms with Gasteiger partial charge in [-0.1, -0.05) is 0 Å². The number of sulfone groups is 1. The van der Waals surface area contributed by atoms with Gasteiger partial charge in [-0.2, -0.15) is 4.98 Å². The Morgan fingerprint density at radius 2 is 1.95 bits per heavy atom. The molecule has 0 saturated carbocycles. The minimum Gasteiger partial charge on any atom is -0.382 e. The summed E-state index contributed by atoms with van der Waals surface area (Å²) in [6.45, 7) is 3.98. The lowest BCUT2D eigenvalue weighted by Gasteiger charge is -2.48. The highest BCUT2D eigenvalue weighted by atomic mass is 32.2. The fraction of sp³-hybridized carbons (Fsp3) is 0.519. The zero-order valence-corrected chi connectivity index (χ0v) is 23.6. The van der Waals surface area contributed by atoms with Crippen molar-refractivity contribution in [1.29, 1.82) is 0 Å². The van der Waals surface area contributed by atoms with Crippen LogP contribution < -0.4 is 15.1 Å². The van der Waals surface area contributed by atoms with E-state index < -0.39 is 27.9 Å². The van der Waals surface area contributed by atoms with Crippen molar-refractivity contribution in [2.75, 3.05) is 67.1 Å². The Kier molecular flexibility index (Phi) is 8.34. The second kappa shape index (κ2) is 11.8. The third-order valence-corrected chi connectivity index (χ3v) is 8.57. The molecular formula is C27H34F2N6O4S. The van der Waals surface area contributed by atoms with Crippen LogP contribution in [0.1, 0.15) is 13.3 Å². The first-order valence-electron chi connectivity index (χ1n) is 13.2. The fourth-order valence-electron chi connectivity index (χ4n) is 5.33. The number of piperidine rings is 1. The Balaban J connectivity index is 1.29. The van der Waals surface area contributed by atoms with E-state index in [4.69, 9.17) is 9.47 Å². The fourth-order valence-corrected chi connectivity index (χ4v) is 6.49. The molecule has 0 unspecified atom stereocenters. The summed E-state index contributed by atoms with van der Waals surface area (Å²) in [4.78, 5) is 17.2. The Morgan fingerprint density at radius 3 is 2.67 bits per heavy atom. The third kappa shape index (κ3) is 6.26. The molecule has 216 valence electrons. The molecule has 0 amide bonds. The number of benzene rings is 1. The lowest BCUT2D eigenvalue weighted by atomic mass is 9.90. The number of methoxy groups -OCH3 is 1. The topological polar surface area (TPSA) is 110 Å². The first kappa shape index (κ1) is 28.4. The number of anilines is 4. The smallest absolute Gasteiger partial charge is 0.227 e. The number of hydrogen-bond donors (Lipinski definition) is 1. The maximum absolute atomic E-state index is 14.9. The molecule has 1 aromatic carbocycles. The van der Waals surface area contributed by atoms with Gasteiger partial charge in [-0.3, -0.25) is 0 Å². The van der Waals surface area contributed by atoms with Gasteiger partial charge in [0.25, 0.3) is 0 Å². The first-order chi connectivity index (χ1) is 19.1. The molecule has 10 nitrogen and oxygen atoms in total. The maximum atomic E-state index is 14.9. The monoisotopic (exact) mass is 576 g/mol. The second-order valence-corrected chi connectivity index (χ2v) is 12.6. The van der Waals surface area contributed by atoms with E-state index in [9.17, 15) is 17.2 Å². The molecule has 2 fully saturated rings. The number of rotatable bonds is 10. The van der Waals surface area contributed by atoms with Crippen LogP contribution in [0.3, 0.4) is 0 Å². The van der Waals surface area contributed by atoms with Crippen LogP contribution in [-0.2, 0) is 19.3 Å². The van der Waals surface area contributed by atoms with E-state index in [-0.39, 0.29) is 24.3 Å². The van der Waals surface area contributed by atoms with Crippen molar-refractivity contribution < 1.29 is 26.7 Å². The number of pyridine rings is 1. The van der Waals surface area contributed by atoms with Gasteiger partial charge in [-0.25, -0.2) is 27.2 Å². The summed E-state index contributed by atoms with van der Waals surface area (Å²) in [7, 11) is -1.50. The number of halogens is 2. The second-order valence-electron chi connectivity index (χ2n) is 10.4. The van der Waals surface area contributed by atoms with Gasteiger partial charge in [0.2, 0.25) is 5.95 Å². The van der Waals surface area contributed by atoms with Crippen LogP contribution in [0.15, 0.2) is 36.7 Å². The average Bonchev–Trinajstić information content (AvgIpc) is 2.92. The molecule has 1 N–H and O–H groups in total. The van der Waals surface area contributed by atoms with Gasteiger partial charge >= 0.3 is 0 Å². The van der Waals surface area contributed by atoms with Crippen molar-refractivity contribution in [3.63, 3.8) is 0 Å². The van der Waals surface area contributed by atoms with Crippen molar-refractivity contribution >= 4 is 43.9 Å². The molecule has 2 saturated heterocycles. The minimum atomic E-state index is -3.08. The number of nitrogens with one attached hydrogen (secondary N) is 1. The molecule has 0 bridgehead atoms. The van der Waals surface area contributed by atoms with Crippen molar-refractivity contribution in [2.45, 2.75) is 31.7 Å². The van der Waals surface area contributed by atoms with Crippen LogP contribution in [0.4, 0.5) is 32.1 Å². The van der Waals surface area contributed by atoms with Crippen molar-refractivity contribution in [3.8, 4) is 0 Å². The lowest BCUT2D eigenvalue weighted by Crippen LogP contribution is -2.57. The van der Waals surface area contributed by atoms with Crippen LogP contribution in [0, 0.1) is 11.7 Å². The molecule has 3 aromatic rings. The predicted molar refractivity (Wildman–Crippen MR) is 150 cm³/mol. The predicted octanol–water partition coefficient (Wildman–Crippen LogP) is 3.36. The minimum absolute atomic E-state index is 0.00605. The molecule has 13 heteroatoms. The summed E-state index contributed by atoms with van der Waals surface area (Å²) in [5.41, 5.74) is 0.812. The van der Waals surface area contributed by atoms with Crippen molar-refractivity contribution in [1.82, 2.24) is 15.0 Å². The standard InChI is InChI=1S/C27H34F2N6O4S/c1-17-18(16-40(3,36)37)14-35(17)23-5-4-21(28)19-12-26(31-13-20(19)23)32-25-6-8-30-27(33-25)34-9-7-24(22(29)15-34)39-11-10-38-2/h4-6,8,12-13,17-18,22,24H,7,9-11,14-16H2,1-3H3,(H,30,31,32,33)/t17-,18-,22+,24-/m1/s1. The highest BCUT2D eigenvalue weighted by Crippen LogP contribution is 2.38. The van der Waals surface area contributed by atoms with E-state index in [0.29, 0.717) is 61.1 Å². The van der Waals surface area contributed by atoms with Gasteiger partial charge in [0.05, 0.1) is 31.6 Å². The molecule has 2 aliphatic heterocycles. The maximum Gasteiger partial charge on any atom is 0.227 e. The molecular weight excluding hydrogens is 542 g/mol. The van der Waals surface area contributed by atoms with Crippen LogP contribution in [0.25, 0.3) is 10.8 Å². The van der Waals surface area contributed by atoms with Crippen LogP contribution >= 0.6 is 0 Å². The number of fused-ring (bicyclic) bond motifs is 1. The number of aromatic nitrogens is 3. The summed E-state index contributed by atoms with van der Waals surface area (Å²) in [6, 6.07) is 6.41.